The lowest BCUT2D eigenvalue weighted by atomic mass is 9.96. The van der Waals surface area contributed by atoms with E-state index in [1.807, 2.05) is 6.07 Å². The second-order valence-corrected chi connectivity index (χ2v) is 4.92. The smallest absolute Gasteiger partial charge is 0.251 e. The molecule has 1 aliphatic heterocycles. The fourth-order valence-electron chi connectivity index (χ4n) is 2.22. The number of carbonyl (C=O) groups is 1. The minimum absolute atomic E-state index is 0.164. The molecule has 0 bridgehead atoms. The monoisotopic (exact) mass is 308 g/mol. The summed E-state index contributed by atoms with van der Waals surface area (Å²) < 4.78 is 4.94. The molecule has 0 aromatic heterocycles. The van der Waals surface area contributed by atoms with Crippen LogP contribution in [0.3, 0.4) is 0 Å². The number of nitrogens with zero attached hydrogens (tertiary/aromatic N) is 1. The maximum absolute atomic E-state index is 12.1. The number of nitriles is 1. The number of nitrogens with one attached hydrogen (secondary N) is 1. The molecule has 1 heterocycles. The summed E-state index contributed by atoms with van der Waals surface area (Å²) in [6.45, 7) is -0.583. The van der Waals surface area contributed by atoms with Gasteiger partial charge in [-0.15, -0.1) is 0 Å². The summed E-state index contributed by atoms with van der Waals surface area (Å²) in [6.07, 6.45) is -5.69. The van der Waals surface area contributed by atoms with Crippen LogP contribution in [0.5, 0.6) is 0 Å². The van der Waals surface area contributed by atoms with Gasteiger partial charge in [0.05, 0.1) is 18.2 Å². The Balaban J connectivity index is 2.12. The van der Waals surface area contributed by atoms with Crippen LogP contribution in [0, 0.1) is 11.3 Å². The first kappa shape index (κ1) is 16.4. The Morgan fingerprint density at radius 3 is 2.68 bits per heavy atom. The molecule has 5 N–H and O–H groups in total. The number of aliphatic hydroxyl groups is 4. The summed E-state index contributed by atoms with van der Waals surface area (Å²) in [4.78, 5) is 12.1. The van der Waals surface area contributed by atoms with Crippen LogP contribution in [0.2, 0.25) is 0 Å². The highest BCUT2D eigenvalue weighted by atomic mass is 16.6. The van der Waals surface area contributed by atoms with E-state index in [2.05, 4.69) is 5.32 Å². The lowest BCUT2D eigenvalue weighted by molar-refractivity contribution is -0.252. The van der Waals surface area contributed by atoms with Crippen molar-refractivity contribution in [1.82, 2.24) is 5.32 Å². The van der Waals surface area contributed by atoms with Gasteiger partial charge in [-0.3, -0.25) is 4.79 Å². The third-order valence-electron chi connectivity index (χ3n) is 3.45. The standard InChI is InChI=1S/C14H16N2O6/c15-5-7-2-1-3-8(4-7)13(20)16-10-12(19)11(18)9(6-17)22-14(10)21/h1-4,9-12,14,17-19,21H,6H2,(H,16,20)/t9-,10?,11?,12-,14?/m1/s1. The van der Waals surface area contributed by atoms with E-state index in [0.29, 0.717) is 0 Å². The van der Waals surface area contributed by atoms with Crippen LogP contribution in [0.1, 0.15) is 15.9 Å². The van der Waals surface area contributed by atoms with Crippen molar-refractivity contribution in [3.63, 3.8) is 0 Å². The van der Waals surface area contributed by atoms with E-state index < -0.39 is 43.2 Å². The van der Waals surface area contributed by atoms with Crippen molar-refractivity contribution >= 4 is 5.91 Å². The molecular formula is C14H16N2O6. The number of hydrogen-bond acceptors (Lipinski definition) is 7. The van der Waals surface area contributed by atoms with Crippen LogP contribution in [-0.4, -0.2) is 63.6 Å². The number of carbonyl (C=O) groups excluding carboxylic acids is 1. The largest absolute Gasteiger partial charge is 0.394 e. The first-order chi connectivity index (χ1) is 10.5. The zero-order valence-electron chi connectivity index (χ0n) is 11.5. The summed E-state index contributed by atoms with van der Waals surface area (Å²) in [5, 5.41) is 49.6. The molecule has 0 aliphatic carbocycles. The minimum atomic E-state index is -1.58. The molecular weight excluding hydrogens is 292 g/mol. The van der Waals surface area contributed by atoms with Crippen LogP contribution in [-0.2, 0) is 4.74 Å². The Morgan fingerprint density at radius 2 is 2.05 bits per heavy atom. The number of benzene rings is 1. The molecule has 1 aromatic carbocycles. The molecule has 1 aliphatic rings. The highest BCUT2D eigenvalue weighted by Gasteiger charge is 2.44. The summed E-state index contributed by atoms with van der Waals surface area (Å²) in [6, 6.07) is 6.49. The Morgan fingerprint density at radius 1 is 1.32 bits per heavy atom. The van der Waals surface area contributed by atoms with Crippen molar-refractivity contribution < 1.29 is 30.0 Å². The van der Waals surface area contributed by atoms with Crippen molar-refractivity contribution in [1.29, 1.82) is 5.26 Å². The van der Waals surface area contributed by atoms with Gasteiger partial charge in [0.25, 0.3) is 5.91 Å². The van der Waals surface area contributed by atoms with E-state index in [1.54, 1.807) is 0 Å². The van der Waals surface area contributed by atoms with Crippen LogP contribution in [0.4, 0.5) is 0 Å². The second kappa shape index (κ2) is 6.83. The zero-order valence-corrected chi connectivity index (χ0v) is 11.5. The van der Waals surface area contributed by atoms with E-state index >= 15 is 0 Å². The van der Waals surface area contributed by atoms with Crippen molar-refractivity contribution in [2.45, 2.75) is 30.6 Å². The SMILES string of the molecule is N#Cc1cccc(C(=O)NC2C(O)O[C@H](CO)C(O)[C@@H]2O)c1. The van der Waals surface area contributed by atoms with Gasteiger partial charge >= 0.3 is 0 Å². The number of amides is 1. The van der Waals surface area contributed by atoms with Crippen LogP contribution < -0.4 is 5.32 Å². The molecule has 22 heavy (non-hydrogen) atoms. The molecule has 0 radical (unpaired) electrons. The molecule has 2 rings (SSSR count). The van der Waals surface area contributed by atoms with E-state index in [-0.39, 0.29) is 11.1 Å². The molecule has 8 heteroatoms. The Hall–Kier alpha value is -2.02. The second-order valence-electron chi connectivity index (χ2n) is 4.92. The fraction of sp³-hybridized carbons (Fsp3) is 0.429. The predicted octanol–water partition coefficient (Wildman–Crippen LogP) is -1.91. The summed E-state index contributed by atoms with van der Waals surface area (Å²) in [5.74, 6) is -0.640. The molecule has 1 amide bonds. The average Bonchev–Trinajstić information content (AvgIpc) is 2.54. The normalized spacial score (nSPS) is 31.3. The topological polar surface area (TPSA) is 143 Å². The van der Waals surface area contributed by atoms with Gasteiger partial charge in [0, 0.05) is 5.56 Å². The molecule has 1 saturated heterocycles. The summed E-state index contributed by atoms with van der Waals surface area (Å²) in [5.41, 5.74) is 0.450. The van der Waals surface area contributed by atoms with Gasteiger partial charge < -0.3 is 30.5 Å². The highest BCUT2D eigenvalue weighted by molar-refractivity contribution is 5.94. The van der Waals surface area contributed by atoms with Crippen LogP contribution in [0.15, 0.2) is 24.3 Å². The fourth-order valence-corrected chi connectivity index (χ4v) is 2.22. The van der Waals surface area contributed by atoms with Gasteiger partial charge in [-0.25, -0.2) is 0 Å². The van der Waals surface area contributed by atoms with Crippen molar-refractivity contribution in [2.75, 3.05) is 6.61 Å². The molecule has 118 valence electrons. The molecule has 0 spiro atoms. The third kappa shape index (κ3) is 3.24. The predicted molar refractivity (Wildman–Crippen MR) is 72.4 cm³/mol. The number of rotatable bonds is 3. The van der Waals surface area contributed by atoms with E-state index in [0.717, 1.165) is 0 Å². The molecule has 5 atom stereocenters. The Labute approximate surface area is 126 Å². The minimum Gasteiger partial charge on any atom is -0.394 e. The van der Waals surface area contributed by atoms with Gasteiger partial charge in [0.2, 0.25) is 0 Å². The molecule has 8 nitrogen and oxygen atoms in total. The molecule has 0 saturated carbocycles. The molecule has 3 unspecified atom stereocenters. The summed E-state index contributed by atoms with van der Waals surface area (Å²) >= 11 is 0. The van der Waals surface area contributed by atoms with Crippen LogP contribution >= 0.6 is 0 Å². The van der Waals surface area contributed by atoms with E-state index in [1.165, 1.54) is 24.3 Å². The van der Waals surface area contributed by atoms with Crippen LogP contribution in [0.25, 0.3) is 0 Å². The Kier molecular flexibility index (Phi) is 5.07. The van der Waals surface area contributed by atoms with Crippen molar-refractivity contribution in [3.05, 3.63) is 35.4 Å². The van der Waals surface area contributed by atoms with Gasteiger partial charge in [-0.2, -0.15) is 5.26 Å². The quantitative estimate of drug-likeness (QED) is 0.438. The number of ether oxygens (including phenoxy) is 1. The maximum Gasteiger partial charge on any atom is 0.251 e. The summed E-state index contributed by atoms with van der Waals surface area (Å²) in [7, 11) is 0. The third-order valence-corrected chi connectivity index (χ3v) is 3.45. The average molecular weight is 308 g/mol. The zero-order chi connectivity index (χ0) is 16.3. The number of aliphatic hydroxyl groups excluding tert-OH is 4. The lowest BCUT2D eigenvalue weighted by Gasteiger charge is -2.40. The molecule has 1 aromatic rings. The Bertz CT molecular complexity index is 587. The first-order valence-electron chi connectivity index (χ1n) is 6.59. The van der Waals surface area contributed by atoms with Crippen molar-refractivity contribution in [2.24, 2.45) is 0 Å². The first-order valence-corrected chi connectivity index (χ1v) is 6.59. The van der Waals surface area contributed by atoms with Gasteiger partial charge in [0.1, 0.15) is 24.4 Å². The number of hydrogen-bond donors (Lipinski definition) is 5. The van der Waals surface area contributed by atoms with Gasteiger partial charge in [-0.05, 0) is 18.2 Å². The van der Waals surface area contributed by atoms with E-state index in [9.17, 15) is 20.1 Å². The van der Waals surface area contributed by atoms with Crippen molar-refractivity contribution in [3.8, 4) is 6.07 Å². The highest BCUT2D eigenvalue weighted by Crippen LogP contribution is 2.20. The van der Waals surface area contributed by atoms with E-state index in [4.69, 9.17) is 15.1 Å². The lowest BCUT2D eigenvalue weighted by Crippen LogP contribution is -2.64. The molecule has 1 fully saturated rings. The van der Waals surface area contributed by atoms with Gasteiger partial charge in [-0.1, -0.05) is 6.07 Å². The van der Waals surface area contributed by atoms with Gasteiger partial charge in [0.15, 0.2) is 6.29 Å². The maximum atomic E-state index is 12.1.